The predicted molar refractivity (Wildman–Crippen MR) is 105 cm³/mol. The van der Waals surface area contributed by atoms with Crippen LogP contribution >= 0.6 is 0 Å². The zero-order chi connectivity index (χ0) is 21.4. The van der Waals surface area contributed by atoms with Crippen LogP contribution in [0.4, 0.5) is 0 Å². The summed E-state index contributed by atoms with van der Waals surface area (Å²) in [7, 11) is 0. The van der Waals surface area contributed by atoms with Gasteiger partial charge < -0.3 is 23.7 Å². The van der Waals surface area contributed by atoms with Crippen LogP contribution in [-0.4, -0.2) is 36.7 Å². The number of para-hydroxylation sites is 1. The van der Waals surface area contributed by atoms with Crippen molar-refractivity contribution in [1.82, 2.24) is 0 Å². The summed E-state index contributed by atoms with van der Waals surface area (Å²) in [6.45, 7) is 6.29. The molecule has 7 rings (SSSR count). The molecule has 8 nitrogen and oxygen atoms in total. The van der Waals surface area contributed by atoms with Gasteiger partial charge in [-0.15, -0.1) is 0 Å². The van der Waals surface area contributed by atoms with Crippen molar-refractivity contribution in [3.05, 3.63) is 23.8 Å². The summed E-state index contributed by atoms with van der Waals surface area (Å²) in [4.78, 5) is 25.0. The second kappa shape index (κ2) is 6.81. The van der Waals surface area contributed by atoms with E-state index >= 15 is 0 Å². The number of esters is 1. The number of benzene rings is 1. The second-order valence-electron chi connectivity index (χ2n) is 9.72. The molecule has 4 saturated heterocycles. The lowest BCUT2D eigenvalue weighted by Gasteiger charge is -2.59. The van der Waals surface area contributed by atoms with Crippen molar-refractivity contribution in [3.63, 3.8) is 0 Å². The van der Waals surface area contributed by atoms with Gasteiger partial charge in [0.2, 0.25) is 18.9 Å². The molecule has 0 radical (unpaired) electrons. The maximum Gasteiger partial charge on any atom is 0.344 e. The van der Waals surface area contributed by atoms with E-state index in [9.17, 15) is 4.79 Å². The van der Waals surface area contributed by atoms with Crippen LogP contribution in [0.3, 0.4) is 0 Å². The number of carbonyl (C=O) groups is 1. The van der Waals surface area contributed by atoms with Gasteiger partial charge in [-0.05, 0) is 50.2 Å². The molecule has 2 bridgehead atoms. The first kappa shape index (κ1) is 19.8. The van der Waals surface area contributed by atoms with Crippen molar-refractivity contribution in [2.24, 2.45) is 23.7 Å². The highest BCUT2D eigenvalue weighted by molar-refractivity contribution is 5.93. The van der Waals surface area contributed by atoms with Crippen molar-refractivity contribution in [2.45, 2.75) is 70.4 Å². The summed E-state index contributed by atoms with van der Waals surface area (Å²) in [5.41, 5.74) is -0.350. The molecule has 0 aromatic heterocycles. The molecule has 6 aliphatic rings. The van der Waals surface area contributed by atoms with Crippen LogP contribution in [0.1, 0.15) is 56.8 Å². The zero-order valence-electron chi connectivity index (χ0n) is 18.0. The lowest BCUT2D eigenvalue weighted by atomic mass is 9.58. The minimum absolute atomic E-state index is 0.0845. The smallest absolute Gasteiger partial charge is 0.344 e. The van der Waals surface area contributed by atoms with Gasteiger partial charge >= 0.3 is 5.97 Å². The fourth-order valence-electron chi connectivity index (χ4n) is 6.27. The van der Waals surface area contributed by atoms with Crippen molar-refractivity contribution in [2.75, 3.05) is 6.79 Å². The van der Waals surface area contributed by atoms with Crippen LogP contribution in [0.15, 0.2) is 18.2 Å². The van der Waals surface area contributed by atoms with E-state index in [2.05, 4.69) is 13.8 Å². The van der Waals surface area contributed by atoms with Gasteiger partial charge in [0.1, 0.15) is 5.56 Å². The monoisotopic (exact) mass is 432 g/mol. The average Bonchev–Trinajstić information content (AvgIpc) is 3.12. The quantitative estimate of drug-likeness (QED) is 0.516. The number of carbonyl (C=O) groups excluding carboxylic acids is 1. The van der Waals surface area contributed by atoms with Crippen LogP contribution in [0.25, 0.3) is 0 Å². The van der Waals surface area contributed by atoms with Crippen molar-refractivity contribution in [3.8, 4) is 11.5 Å². The third-order valence-corrected chi connectivity index (χ3v) is 7.94. The molecule has 5 fully saturated rings. The molecule has 5 heterocycles. The maximum atomic E-state index is 13.1. The van der Waals surface area contributed by atoms with E-state index in [1.807, 2.05) is 6.92 Å². The highest BCUT2D eigenvalue weighted by Gasteiger charge is 2.69. The molecule has 0 unspecified atom stereocenters. The molecule has 0 amide bonds. The van der Waals surface area contributed by atoms with E-state index < -0.39 is 29.9 Å². The standard InChI is InChI=1S/C23H28O8/c1-12-7-8-16-13(2)20(27-19(24)14-5-4-6-17-18(14)26-11-25-17)28-21-23(16)15(12)9-10-22(3,29-21)30-31-23/h4-6,12-13,15-16,20-21H,7-11H2,1-3H3/t12-,13-,15+,16+,20-,21-,22+,23-/m1/s1. The Morgan fingerprint density at radius 2 is 1.97 bits per heavy atom. The molecule has 1 aromatic carbocycles. The predicted octanol–water partition coefficient (Wildman–Crippen LogP) is 3.78. The summed E-state index contributed by atoms with van der Waals surface area (Å²) < 4.78 is 29.4. The molecule has 1 saturated carbocycles. The molecule has 1 spiro atoms. The molecule has 8 heteroatoms. The Kier molecular flexibility index (Phi) is 4.35. The molecule has 0 N–H and O–H groups in total. The third kappa shape index (κ3) is 2.78. The van der Waals surface area contributed by atoms with E-state index in [-0.39, 0.29) is 24.5 Å². The summed E-state index contributed by atoms with van der Waals surface area (Å²) in [5.74, 6) is 0.336. The first-order chi connectivity index (χ1) is 14.9. The Hall–Kier alpha value is -1.87. The average molecular weight is 432 g/mol. The number of hydrogen-bond acceptors (Lipinski definition) is 8. The van der Waals surface area contributed by atoms with Gasteiger partial charge in [-0.3, -0.25) is 0 Å². The number of fused-ring (bicyclic) bond motifs is 3. The van der Waals surface area contributed by atoms with Gasteiger partial charge in [0.05, 0.1) is 0 Å². The zero-order valence-corrected chi connectivity index (χ0v) is 18.0. The number of hydrogen-bond donors (Lipinski definition) is 0. The number of ether oxygens (including phenoxy) is 5. The Labute approximate surface area is 180 Å². The highest BCUT2D eigenvalue weighted by atomic mass is 17.3. The summed E-state index contributed by atoms with van der Waals surface area (Å²) in [6.07, 6.45) is 2.31. The lowest BCUT2D eigenvalue weighted by molar-refractivity contribution is -0.576. The van der Waals surface area contributed by atoms with Crippen molar-refractivity contribution >= 4 is 5.97 Å². The summed E-state index contributed by atoms with van der Waals surface area (Å²) >= 11 is 0. The maximum absolute atomic E-state index is 13.1. The molecular weight excluding hydrogens is 404 g/mol. The van der Waals surface area contributed by atoms with Crippen molar-refractivity contribution < 1.29 is 38.3 Å². The van der Waals surface area contributed by atoms with Crippen LogP contribution in [0.5, 0.6) is 11.5 Å². The molecule has 1 aromatic rings. The Bertz CT molecular complexity index is 904. The van der Waals surface area contributed by atoms with E-state index in [0.717, 1.165) is 25.7 Å². The molecule has 31 heavy (non-hydrogen) atoms. The van der Waals surface area contributed by atoms with Gasteiger partial charge in [0, 0.05) is 18.3 Å². The second-order valence-corrected chi connectivity index (χ2v) is 9.72. The van der Waals surface area contributed by atoms with E-state index in [1.54, 1.807) is 18.2 Å². The minimum Gasteiger partial charge on any atom is -0.454 e. The van der Waals surface area contributed by atoms with Gasteiger partial charge in [-0.1, -0.05) is 19.9 Å². The number of rotatable bonds is 2. The highest BCUT2D eigenvalue weighted by Crippen LogP contribution is 2.60. The third-order valence-electron chi connectivity index (χ3n) is 7.94. The lowest BCUT2D eigenvalue weighted by Crippen LogP contribution is -2.70. The Morgan fingerprint density at radius 1 is 1.10 bits per heavy atom. The molecule has 5 aliphatic heterocycles. The van der Waals surface area contributed by atoms with Crippen LogP contribution in [-0.2, 0) is 24.0 Å². The van der Waals surface area contributed by atoms with Crippen molar-refractivity contribution in [1.29, 1.82) is 0 Å². The van der Waals surface area contributed by atoms with Gasteiger partial charge in [0.25, 0.3) is 0 Å². The Morgan fingerprint density at radius 3 is 2.84 bits per heavy atom. The van der Waals surface area contributed by atoms with Crippen LogP contribution in [0.2, 0.25) is 0 Å². The summed E-state index contributed by atoms with van der Waals surface area (Å²) in [5, 5.41) is 0. The molecule has 8 atom stereocenters. The Balaban J connectivity index is 1.31. The van der Waals surface area contributed by atoms with Crippen LogP contribution < -0.4 is 9.47 Å². The molecule has 1 aliphatic carbocycles. The van der Waals surface area contributed by atoms with Gasteiger partial charge in [-0.25, -0.2) is 14.6 Å². The molecule has 168 valence electrons. The largest absolute Gasteiger partial charge is 0.454 e. The van der Waals surface area contributed by atoms with Gasteiger partial charge in [-0.2, -0.15) is 0 Å². The topological polar surface area (TPSA) is 81.7 Å². The van der Waals surface area contributed by atoms with E-state index in [0.29, 0.717) is 23.0 Å². The SMILES string of the molecule is C[C@H]1[C@H](OC(=O)c2cccc3c2OCO3)O[C@@H]2O[C@]3(C)CC[C@H]4[C@H](C)CC[C@@H]1[C@@]24OO3. The van der Waals surface area contributed by atoms with Crippen LogP contribution in [0, 0.1) is 23.7 Å². The summed E-state index contributed by atoms with van der Waals surface area (Å²) in [6, 6.07) is 5.18. The van der Waals surface area contributed by atoms with E-state index in [1.165, 1.54) is 0 Å². The van der Waals surface area contributed by atoms with Gasteiger partial charge in [0.15, 0.2) is 23.4 Å². The fourth-order valence-corrected chi connectivity index (χ4v) is 6.27. The molecular formula is C23H28O8. The van der Waals surface area contributed by atoms with E-state index in [4.69, 9.17) is 33.5 Å². The normalized spacial score (nSPS) is 45.0. The first-order valence-electron chi connectivity index (χ1n) is 11.2. The fraction of sp³-hybridized carbons (Fsp3) is 0.696. The minimum atomic E-state index is -0.863. The first-order valence-corrected chi connectivity index (χ1v) is 11.2.